The van der Waals surface area contributed by atoms with Crippen LogP contribution in [-0.4, -0.2) is 41.1 Å². The first-order valence-corrected chi connectivity index (χ1v) is 7.40. The molecule has 1 unspecified atom stereocenters. The van der Waals surface area contributed by atoms with Gasteiger partial charge in [-0.1, -0.05) is 52.5 Å². The van der Waals surface area contributed by atoms with Crippen molar-refractivity contribution >= 4 is 64.2 Å². The van der Waals surface area contributed by atoms with Crippen LogP contribution in [-0.2, 0) is 4.74 Å². The van der Waals surface area contributed by atoms with Gasteiger partial charge in [-0.05, 0) is 18.2 Å². The Bertz CT molecular complexity index is 551. The molecule has 1 aromatic rings. The number of amides is 3. The minimum absolute atomic E-state index is 0.437. The van der Waals surface area contributed by atoms with E-state index in [2.05, 4.69) is 10.6 Å². The van der Waals surface area contributed by atoms with Gasteiger partial charge in [0.15, 0.2) is 0 Å². The zero-order valence-corrected chi connectivity index (χ0v) is 14.6. The molecule has 0 aliphatic heterocycles. The topological polar surface area (TPSA) is 70.7 Å². The second-order valence-corrected chi connectivity index (χ2v) is 6.91. The highest BCUT2D eigenvalue weighted by Gasteiger charge is 2.41. The summed E-state index contributed by atoms with van der Waals surface area (Å²) in [5, 5.41) is 5.19. The number of alkyl carbamates (subject to hydrolysis) is 1. The van der Waals surface area contributed by atoms with Crippen LogP contribution in [0.5, 0.6) is 0 Å². The molecule has 0 saturated heterocycles. The number of hydrogen-bond acceptors (Lipinski definition) is 3. The summed E-state index contributed by atoms with van der Waals surface area (Å²) in [5.74, 6) is 0. The van der Waals surface area contributed by atoms with Crippen molar-refractivity contribution in [1.29, 1.82) is 0 Å². The SMILES string of the molecule is CNC(=O)OC(N(C)C(=O)Nc1cccc(Cl)c1)C(Cl)(Cl)Cl. The van der Waals surface area contributed by atoms with Crippen molar-refractivity contribution in [3.63, 3.8) is 0 Å². The molecular weight excluding hydrogens is 376 g/mol. The molecule has 0 aliphatic rings. The molecule has 0 saturated carbocycles. The highest BCUT2D eigenvalue weighted by molar-refractivity contribution is 6.68. The molecule has 0 aliphatic carbocycles. The van der Waals surface area contributed by atoms with Crippen molar-refractivity contribution in [2.24, 2.45) is 0 Å². The first-order valence-electron chi connectivity index (χ1n) is 5.89. The predicted molar refractivity (Wildman–Crippen MR) is 87.9 cm³/mol. The van der Waals surface area contributed by atoms with Crippen molar-refractivity contribution in [2.75, 3.05) is 19.4 Å². The summed E-state index contributed by atoms with van der Waals surface area (Å²) < 4.78 is 2.87. The van der Waals surface area contributed by atoms with Gasteiger partial charge in [0, 0.05) is 24.8 Å². The number of nitrogens with one attached hydrogen (secondary N) is 2. The summed E-state index contributed by atoms with van der Waals surface area (Å²) in [6.45, 7) is 0. The van der Waals surface area contributed by atoms with Gasteiger partial charge in [0.05, 0.1) is 0 Å². The van der Waals surface area contributed by atoms with Gasteiger partial charge in [-0.15, -0.1) is 0 Å². The molecule has 122 valence electrons. The number of nitrogens with zero attached hydrogens (tertiary/aromatic N) is 1. The first kappa shape index (κ1) is 19.0. The summed E-state index contributed by atoms with van der Waals surface area (Å²) in [6, 6.07) is 5.83. The fourth-order valence-electron chi connectivity index (χ4n) is 1.41. The summed E-state index contributed by atoms with van der Waals surface area (Å²) in [4.78, 5) is 24.4. The van der Waals surface area contributed by atoms with E-state index in [9.17, 15) is 9.59 Å². The zero-order valence-electron chi connectivity index (χ0n) is 11.6. The van der Waals surface area contributed by atoms with Crippen molar-refractivity contribution < 1.29 is 14.3 Å². The van der Waals surface area contributed by atoms with Crippen LogP contribution in [0, 0.1) is 0 Å². The monoisotopic (exact) mass is 387 g/mol. The van der Waals surface area contributed by atoms with Crippen molar-refractivity contribution in [2.45, 2.75) is 10.0 Å². The highest BCUT2D eigenvalue weighted by Crippen LogP contribution is 2.34. The van der Waals surface area contributed by atoms with Gasteiger partial charge in [-0.2, -0.15) is 0 Å². The van der Waals surface area contributed by atoms with Crippen molar-refractivity contribution in [3.8, 4) is 0 Å². The second kappa shape index (κ2) is 7.97. The third-order valence-corrected chi connectivity index (χ3v) is 3.25. The van der Waals surface area contributed by atoms with Gasteiger partial charge >= 0.3 is 12.1 Å². The Morgan fingerprint density at radius 3 is 2.45 bits per heavy atom. The molecule has 0 radical (unpaired) electrons. The molecule has 1 aromatic carbocycles. The number of halogens is 4. The van der Waals surface area contributed by atoms with Crippen LogP contribution in [0.2, 0.25) is 5.02 Å². The molecule has 22 heavy (non-hydrogen) atoms. The Hall–Kier alpha value is -1.08. The standard InChI is InChI=1S/C12H13Cl4N3O3/c1-17-11(21)22-9(12(14,15)16)19(2)10(20)18-8-5-3-4-7(13)6-8/h3-6,9H,1-2H3,(H,17,21)(H,18,20). The van der Waals surface area contributed by atoms with E-state index in [1.54, 1.807) is 18.2 Å². The first-order chi connectivity index (χ1) is 10.1. The molecule has 0 spiro atoms. The van der Waals surface area contributed by atoms with E-state index < -0.39 is 22.1 Å². The minimum atomic E-state index is -2.03. The smallest absolute Gasteiger partial charge is 0.408 e. The van der Waals surface area contributed by atoms with Gasteiger partial charge in [0.25, 0.3) is 0 Å². The Morgan fingerprint density at radius 1 is 1.32 bits per heavy atom. The van der Waals surface area contributed by atoms with Crippen LogP contribution in [0.3, 0.4) is 0 Å². The van der Waals surface area contributed by atoms with E-state index in [4.69, 9.17) is 51.1 Å². The minimum Gasteiger partial charge on any atom is -0.421 e. The molecule has 1 rings (SSSR count). The number of hydrogen-bond donors (Lipinski definition) is 2. The van der Waals surface area contributed by atoms with Crippen LogP contribution in [0.25, 0.3) is 0 Å². The van der Waals surface area contributed by atoms with E-state index in [0.29, 0.717) is 10.7 Å². The molecule has 3 amide bonds. The molecule has 6 nitrogen and oxygen atoms in total. The number of ether oxygens (including phenoxy) is 1. The molecule has 0 bridgehead atoms. The summed E-state index contributed by atoms with van der Waals surface area (Å²) >= 11 is 23.1. The zero-order chi connectivity index (χ0) is 16.9. The van der Waals surface area contributed by atoms with Gasteiger partial charge in [-0.25, -0.2) is 9.59 Å². The average Bonchev–Trinajstić information content (AvgIpc) is 2.42. The number of benzene rings is 1. The number of alkyl halides is 3. The molecule has 0 heterocycles. The molecule has 2 N–H and O–H groups in total. The summed E-state index contributed by atoms with van der Waals surface area (Å²) in [5.41, 5.74) is 0.437. The van der Waals surface area contributed by atoms with E-state index in [1.807, 2.05) is 0 Å². The number of anilines is 1. The van der Waals surface area contributed by atoms with E-state index in [0.717, 1.165) is 4.90 Å². The number of carbonyl (C=O) groups is 2. The Kier molecular flexibility index (Phi) is 6.87. The molecule has 0 aromatic heterocycles. The maximum atomic E-state index is 12.2. The fraction of sp³-hybridized carbons (Fsp3) is 0.333. The van der Waals surface area contributed by atoms with Gasteiger partial charge in [-0.3, -0.25) is 4.90 Å². The van der Waals surface area contributed by atoms with Gasteiger partial charge in [0.2, 0.25) is 10.0 Å². The Morgan fingerprint density at radius 2 is 1.95 bits per heavy atom. The lowest BCUT2D eigenvalue weighted by molar-refractivity contribution is 0.0274. The summed E-state index contributed by atoms with van der Waals surface area (Å²) in [6.07, 6.45) is -2.28. The third kappa shape index (κ3) is 5.61. The lowest BCUT2D eigenvalue weighted by atomic mass is 10.3. The Balaban J connectivity index is 2.86. The third-order valence-electron chi connectivity index (χ3n) is 2.45. The molecule has 1 atom stereocenters. The van der Waals surface area contributed by atoms with Crippen LogP contribution in [0.1, 0.15) is 0 Å². The van der Waals surface area contributed by atoms with Crippen LogP contribution < -0.4 is 10.6 Å². The molecule has 10 heteroatoms. The normalized spacial score (nSPS) is 12.3. The van der Waals surface area contributed by atoms with E-state index >= 15 is 0 Å². The maximum Gasteiger partial charge on any atom is 0.408 e. The van der Waals surface area contributed by atoms with Gasteiger partial charge in [0.1, 0.15) is 0 Å². The van der Waals surface area contributed by atoms with Crippen LogP contribution in [0.4, 0.5) is 15.3 Å². The lowest BCUT2D eigenvalue weighted by Gasteiger charge is -2.32. The fourth-order valence-corrected chi connectivity index (χ4v) is 2.17. The quantitative estimate of drug-likeness (QED) is 0.610. The van der Waals surface area contributed by atoms with Crippen molar-refractivity contribution in [3.05, 3.63) is 29.3 Å². The van der Waals surface area contributed by atoms with Gasteiger partial charge < -0.3 is 15.4 Å². The molecule has 0 fully saturated rings. The number of urea groups is 1. The van der Waals surface area contributed by atoms with Crippen molar-refractivity contribution in [1.82, 2.24) is 10.2 Å². The largest absolute Gasteiger partial charge is 0.421 e. The van der Waals surface area contributed by atoms with Crippen LogP contribution in [0.15, 0.2) is 24.3 Å². The maximum absolute atomic E-state index is 12.2. The average molecular weight is 389 g/mol. The second-order valence-electron chi connectivity index (χ2n) is 4.10. The van der Waals surface area contributed by atoms with Crippen LogP contribution >= 0.6 is 46.4 Å². The van der Waals surface area contributed by atoms with E-state index in [1.165, 1.54) is 20.2 Å². The Labute approximate surface area is 147 Å². The number of rotatable bonds is 3. The summed E-state index contributed by atoms with van der Waals surface area (Å²) in [7, 11) is 2.65. The van der Waals surface area contributed by atoms with E-state index in [-0.39, 0.29) is 0 Å². The predicted octanol–water partition coefficient (Wildman–Crippen LogP) is 3.86. The highest BCUT2D eigenvalue weighted by atomic mass is 35.6. The number of carbonyl (C=O) groups excluding carboxylic acids is 2. The lowest BCUT2D eigenvalue weighted by Crippen LogP contribution is -2.50. The molecular formula is C12H13Cl4N3O3.